The maximum Gasteiger partial charge on any atom is 0.324 e. The van der Waals surface area contributed by atoms with Crippen molar-refractivity contribution in [3.63, 3.8) is 0 Å². The van der Waals surface area contributed by atoms with Crippen LogP contribution in [-0.4, -0.2) is 22.7 Å². The van der Waals surface area contributed by atoms with Crippen LogP contribution >= 0.6 is 0 Å². The van der Waals surface area contributed by atoms with Crippen LogP contribution in [0.3, 0.4) is 0 Å². The van der Waals surface area contributed by atoms with Gasteiger partial charge < -0.3 is 14.5 Å². The van der Waals surface area contributed by atoms with Gasteiger partial charge in [-0.3, -0.25) is 9.59 Å². The van der Waals surface area contributed by atoms with E-state index in [1.807, 2.05) is 60.8 Å². The van der Waals surface area contributed by atoms with E-state index in [1.54, 1.807) is 13.8 Å². The van der Waals surface area contributed by atoms with Gasteiger partial charge in [-0.1, -0.05) is 48.5 Å². The Morgan fingerprint density at radius 1 is 0.923 bits per heavy atom. The Kier molecular flexibility index (Phi) is 3.80. The molecule has 2 aromatic carbocycles. The van der Waals surface area contributed by atoms with Crippen LogP contribution in [0.4, 0.5) is 0 Å². The zero-order valence-corrected chi connectivity index (χ0v) is 14.6. The van der Waals surface area contributed by atoms with Crippen molar-refractivity contribution in [2.75, 3.05) is 0 Å². The average molecular weight is 349 g/mol. The monoisotopic (exact) mass is 349 g/mol. The van der Waals surface area contributed by atoms with Crippen LogP contribution in [0.15, 0.2) is 60.8 Å². The summed E-state index contributed by atoms with van der Waals surface area (Å²) in [6.07, 6.45) is 1.85. The number of para-hydroxylation sites is 1. The first-order valence-electron chi connectivity index (χ1n) is 8.53. The molecule has 0 amide bonds. The predicted octanol–water partition coefficient (Wildman–Crippen LogP) is 3.75. The molecule has 5 heteroatoms. The Morgan fingerprint density at radius 3 is 2.23 bits per heavy atom. The van der Waals surface area contributed by atoms with Gasteiger partial charge in [0, 0.05) is 36.9 Å². The fourth-order valence-electron chi connectivity index (χ4n) is 3.56. The summed E-state index contributed by atoms with van der Waals surface area (Å²) in [6, 6.07) is 17.3. The van der Waals surface area contributed by atoms with Crippen molar-refractivity contribution in [3.05, 3.63) is 71.9 Å². The molecule has 0 spiro atoms. The number of hydrogen-bond donors (Lipinski definition) is 1. The maximum atomic E-state index is 12.7. The molecule has 26 heavy (non-hydrogen) atoms. The first kappa shape index (κ1) is 16.4. The van der Waals surface area contributed by atoms with E-state index in [1.165, 1.54) is 0 Å². The number of esters is 2. The van der Waals surface area contributed by atoms with Crippen LogP contribution in [0.1, 0.15) is 30.9 Å². The van der Waals surface area contributed by atoms with Crippen molar-refractivity contribution in [2.45, 2.75) is 25.6 Å². The minimum Gasteiger partial charge on any atom is -0.422 e. The Hall–Kier alpha value is -3.08. The Labute approximate surface area is 150 Å². The highest BCUT2D eigenvalue weighted by molar-refractivity contribution is 5.99. The van der Waals surface area contributed by atoms with E-state index < -0.39 is 29.6 Å². The number of nitrogens with one attached hydrogen (secondary N) is 1. The lowest BCUT2D eigenvalue weighted by atomic mass is 9.80. The smallest absolute Gasteiger partial charge is 0.324 e. The van der Waals surface area contributed by atoms with E-state index in [0.717, 1.165) is 22.0 Å². The molecule has 5 nitrogen and oxygen atoms in total. The number of aromatic nitrogens is 1. The van der Waals surface area contributed by atoms with Crippen LogP contribution in [0.2, 0.25) is 0 Å². The second kappa shape index (κ2) is 6.02. The Balaban J connectivity index is 1.88. The summed E-state index contributed by atoms with van der Waals surface area (Å²) in [5, 5.41) is 0.965. The van der Waals surface area contributed by atoms with Gasteiger partial charge >= 0.3 is 11.9 Å². The lowest BCUT2D eigenvalue weighted by Gasteiger charge is -2.36. The van der Waals surface area contributed by atoms with Gasteiger partial charge in [0.2, 0.25) is 0 Å². The number of hydrogen-bond acceptors (Lipinski definition) is 4. The van der Waals surface area contributed by atoms with Crippen molar-refractivity contribution in [3.8, 4) is 0 Å². The van der Waals surface area contributed by atoms with Crippen molar-refractivity contribution in [2.24, 2.45) is 5.92 Å². The largest absolute Gasteiger partial charge is 0.422 e. The SMILES string of the molecule is CC1(C)OC(=O)C([C@H](c2ccccc2)c2c[nH]c3ccccc23)C(=O)O1. The van der Waals surface area contributed by atoms with E-state index in [0.29, 0.717) is 0 Å². The van der Waals surface area contributed by atoms with Crippen molar-refractivity contribution >= 4 is 22.8 Å². The molecule has 1 fully saturated rings. The summed E-state index contributed by atoms with van der Waals surface area (Å²) in [5.74, 6) is -3.92. The molecule has 1 aliphatic heterocycles. The number of cyclic esters (lactones) is 2. The summed E-state index contributed by atoms with van der Waals surface area (Å²) in [4.78, 5) is 28.7. The van der Waals surface area contributed by atoms with Gasteiger partial charge in [0.05, 0.1) is 0 Å². The van der Waals surface area contributed by atoms with Crippen molar-refractivity contribution in [1.29, 1.82) is 0 Å². The minimum atomic E-state index is -1.24. The molecular weight excluding hydrogens is 330 g/mol. The van der Waals surface area contributed by atoms with Crippen LogP contribution in [0.25, 0.3) is 10.9 Å². The summed E-state index contributed by atoms with van der Waals surface area (Å²) >= 11 is 0. The first-order chi connectivity index (χ1) is 12.5. The summed E-state index contributed by atoms with van der Waals surface area (Å²) in [6.45, 7) is 3.12. The number of ether oxygens (including phenoxy) is 2. The van der Waals surface area contributed by atoms with Gasteiger partial charge in [-0.05, 0) is 17.2 Å². The zero-order chi connectivity index (χ0) is 18.3. The lowest BCUT2D eigenvalue weighted by Crippen LogP contribution is -2.48. The molecule has 1 N–H and O–H groups in total. The topological polar surface area (TPSA) is 68.4 Å². The molecule has 0 unspecified atom stereocenters. The van der Waals surface area contributed by atoms with Gasteiger partial charge in [-0.25, -0.2) is 0 Å². The highest BCUT2D eigenvalue weighted by Crippen LogP contribution is 2.40. The lowest BCUT2D eigenvalue weighted by molar-refractivity contribution is -0.240. The normalized spacial score (nSPS) is 18.4. The number of rotatable bonds is 3. The molecule has 0 radical (unpaired) electrons. The number of carbonyl (C=O) groups excluding carboxylic acids is 2. The third kappa shape index (κ3) is 2.75. The van der Waals surface area contributed by atoms with Gasteiger partial charge in [-0.15, -0.1) is 0 Å². The van der Waals surface area contributed by atoms with Crippen molar-refractivity contribution in [1.82, 2.24) is 4.98 Å². The quantitative estimate of drug-likeness (QED) is 0.577. The molecule has 1 aliphatic rings. The molecule has 3 aromatic rings. The number of carbonyl (C=O) groups is 2. The first-order valence-corrected chi connectivity index (χ1v) is 8.53. The van der Waals surface area contributed by atoms with E-state index >= 15 is 0 Å². The van der Waals surface area contributed by atoms with Crippen LogP contribution in [0.5, 0.6) is 0 Å². The Bertz CT molecular complexity index is 954. The molecule has 2 heterocycles. The highest BCUT2D eigenvalue weighted by Gasteiger charge is 2.48. The molecule has 0 saturated carbocycles. The van der Waals surface area contributed by atoms with Gasteiger partial charge in [-0.2, -0.15) is 0 Å². The van der Waals surface area contributed by atoms with Gasteiger partial charge in [0.15, 0.2) is 5.92 Å². The van der Waals surface area contributed by atoms with Crippen molar-refractivity contribution < 1.29 is 19.1 Å². The van der Waals surface area contributed by atoms with Gasteiger partial charge in [0.1, 0.15) is 0 Å². The standard InChI is InChI=1S/C21H19NO4/c1-21(2)25-19(23)18(20(24)26-21)17(13-8-4-3-5-9-13)15-12-22-16-11-7-6-10-14(15)16/h3-12,17-18,22H,1-2H3/t17-/m1/s1. The van der Waals surface area contributed by atoms with E-state index in [9.17, 15) is 9.59 Å². The fourth-order valence-corrected chi connectivity index (χ4v) is 3.56. The summed E-state index contributed by atoms with van der Waals surface area (Å²) in [5.41, 5.74) is 2.67. The van der Waals surface area contributed by atoms with E-state index in [2.05, 4.69) is 4.98 Å². The summed E-state index contributed by atoms with van der Waals surface area (Å²) in [7, 11) is 0. The van der Waals surface area contributed by atoms with Gasteiger partial charge in [0.25, 0.3) is 5.79 Å². The molecule has 132 valence electrons. The molecule has 1 aromatic heterocycles. The molecular formula is C21H19NO4. The second-order valence-electron chi connectivity index (χ2n) is 6.90. The predicted molar refractivity (Wildman–Crippen MR) is 96.3 cm³/mol. The third-order valence-corrected chi connectivity index (χ3v) is 4.65. The van der Waals surface area contributed by atoms with E-state index in [4.69, 9.17) is 9.47 Å². The molecule has 0 aliphatic carbocycles. The molecule has 1 atom stereocenters. The van der Waals surface area contributed by atoms with Crippen LogP contribution in [0, 0.1) is 5.92 Å². The average Bonchev–Trinajstić information content (AvgIpc) is 3.02. The maximum absolute atomic E-state index is 12.7. The van der Waals surface area contributed by atoms with Crippen LogP contribution in [-0.2, 0) is 19.1 Å². The minimum absolute atomic E-state index is 0.497. The number of fused-ring (bicyclic) bond motifs is 1. The second-order valence-corrected chi connectivity index (χ2v) is 6.90. The Morgan fingerprint density at radius 2 is 1.54 bits per heavy atom. The molecule has 4 rings (SSSR count). The third-order valence-electron chi connectivity index (χ3n) is 4.65. The molecule has 1 saturated heterocycles. The number of aromatic amines is 1. The highest BCUT2D eigenvalue weighted by atomic mass is 16.7. The number of benzene rings is 2. The van der Waals surface area contributed by atoms with E-state index in [-0.39, 0.29) is 0 Å². The fraction of sp³-hybridized carbons (Fsp3) is 0.238. The number of H-pyrrole nitrogens is 1. The molecule has 0 bridgehead atoms. The zero-order valence-electron chi connectivity index (χ0n) is 14.6. The summed E-state index contributed by atoms with van der Waals surface area (Å²) < 4.78 is 10.8. The van der Waals surface area contributed by atoms with Crippen LogP contribution < -0.4 is 0 Å².